The van der Waals surface area contributed by atoms with Crippen molar-refractivity contribution in [3.63, 3.8) is 0 Å². The Morgan fingerprint density at radius 1 is 0.590 bits per heavy atom. The van der Waals surface area contributed by atoms with Crippen LogP contribution < -0.4 is 16.0 Å². The third kappa shape index (κ3) is 21.0. The molecule has 7 aliphatic rings. The van der Waals surface area contributed by atoms with E-state index in [1.54, 1.807) is 40.0 Å². The summed E-state index contributed by atoms with van der Waals surface area (Å²) >= 11 is 0. The molecule has 4 saturated carbocycles. The minimum Gasteiger partial charge on any atom is -0.377 e. The van der Waals surface area contributed by atoms with Gasteiger partial charge in [-0.15, -0.1) is 0 Å². The van der Waals surface area contributed by atoms with Crippen LogP contribution in [-0.2, 0) is 57.5 Å². The van der Waals surface area contributed by atoms with Crippen LogP contribution in [0.1, 0.15) is 189 Å². The monoisotopic (exact) mass is 1500 g/mol. The minimum atomic E-state index is -5.20. The largest absolute Gasteiger partial charge is 0.397 e. The number of carbonyl (C=O) groups is 11. The topological polar surface area (TPSA) is 259 Å². The van der Waals surface area contributed by atoms with Crippen LogP contribution in [0.25, 0.3) is 0 Å². The van der Waals surface area contributed by atoms with Crippen LogP contribution in [0.2, 0.25) is 0 Å². The molecule has 23 nitrogen and oxygen atoms in total. The molecule has 3 N–H and O–H groups in total. The quantitative estimate of drug-likeness (QED) is 0.105. The van der Waals surface area contributed by atoms with Gasteiger partial charge in [0.2, 0.25) is 65.0 Å². The SMILES string of the molecule is CCO[C@@H]1C[C@H]2C(=O)NC3(CCC3)C(=O)N(C)[C@@H](C(CC)CC)C(=O)N(C)[C@H](CC)CC(=O)N(C)[C@@H](CC3CC3)C(=O)N[C@@H]([C@@H](C)CC)C(=O)N(C)CC(=O)N(C)[C@H]3C/C=C\CCN(C3=O)[C@@H](CC3CCC(C(F)(F)F)CC3)C(=O)N(C)CC(=O)N[C@@H](CCC3CC(F)C(C(F)(F)F)C(F)C3)C(=O)N2C1. The summed E-state index contributed by atoms with van der Waals surface area (Å²) in [6, 6.07) is -10.1. The second kappa shape index (κ2) is 36.9. The number of ether oxygens (including phenoxy) is 1. The first-order chi connectivity index (χ1) is 49.4. The molecule has 7 rings (SSSR count). The van der Waals surface area contributed by atoms with Crippen molar-refractivity contribution in [3.8, 4) is 0 Å². The van der Waals surface area contributed by atoms with Crippen LogP contribution in [0.4, 0.5) is 35.1 Å². The number of halogens is 8. The fraction of sp³-hybridized carbons (Fsp3) is 0.824. The summed E-state index contributed by atoms with van der Waals surface area (Å²) in [6.07, 6.45) is -11.6. The third-order valence-corrected chi connectivity index (χ3v) is 24.0. The molecule has 2 bridgehead atoms. The predicted molar refractivity (Wildman–Crippen MR) is 373 cm³/mol. The van der Waals surface area contributed by atoms with Crippen LogP contribution in [0.5, 0.6) is 0 Å². The minimum absolute atomic E-state index is 0.00926. The number of nitrogens with one attached hydrogen (secondary N) is 3. The number of fused-ring (bicyclic) bond motifs is 3. The molecule has 3 heterocycles. The van der Waals surface area contributed by atoms with E-state index < -0.39 is 218 Å². The van der Waals surface area contributed by atoms with Gasteiger partial charge in [0.1, 0.15) is 66.1 Å². The number of rotatable bonds is 15. The van der Waals surface area contributed by atoms with Gasteiger partial charge in [-0.2, -0.15) is 26.3 Å². The Kier molecular flexibility index (Phi) is 30.1. The lowest BCUT2D eigenvalue weighted by Crippen LogP contribution is -2.68. The van der Waals surface area contributed by atoms with E-state index in [2.05, 4.69) is 16.0 Å². The van der Waals surface area contributed by atoms with E-state index in [9.17, 15) is 50.3 Å². The van der Waals surface area contributed by atoms with Crippen molar-refractivity contribution >= 4 is 65.0 Å². The lowest BCUT2D eigenvalue weighted by Gasteiger charge is -2.47. The molecule has 0 aromatic rings. The summed E-state index contributed by atoms with van der Waals surface area (Å²) in [5, 5.41) is 8.51. The summed E-state index contributed by atoms with van der Waals surface area (Å²) in [4.78, 5) is 175. The number of likely N-dealkylation sites (N-methyl/N-ethyl adjacent to an activating group) is 6. The highest BCUT2D eigenvalue weighted by Gasteiger charge is 2.56. The van der Waals surface area contributed by atoms with Gasteiger partial charge in [-0.1, -0.05) is 78.9 Å². The number of alkyl halides is 8. The first-order valence-corrected chi connectivity index (χ1v) is 38.1. The molecule has 4 aliphatic carbocycles. The maximum absolute atomic E-state index is 15.5. The second-order valence-electron chi connectivity index (χ2n) is 31.0. The number of nitrogens with zero attached hydrogens (tertiary/aromatic N) is 8. The molecule has 2 saturated heterocycles. The Labute approximate surface area is 613 Å². The van der Waals surface area contributed by atoms with E-state index in [1.807, 2.05) is 20.8 Å². The lowest BCUT2D eigenvalue weighted by molar-refractivity contribution is -0.219. The molecule has 6 fully saturated rings. The molecular weight excluding hydrogens is 1390 g/mol. The Balaban J connectivity index is 1.30. The van der Waals surface area contributed by atoms with Gasteiger partial charge in [-0.3, -0.25) is 52.7 Å². The van der Waals surface area contributed by atoms with E-state index in [0.29, 0.717) is 25.7 Å². The van der Waals surface area contributed by atoms with E-state index in [-0.39, 0.29) is 116 Å². The zero-order valence-corrected chi connectivity index (χ0v) is 63.3. The first-order valence-electron chi connectivity index (χ1n) is 38.1. The number of hydrogen-bond donors (Lipinski definition) is 3. The van der Waals surface area contributed by atoms with Gasteiger partial charge in [0.15, 0.2) is 0 Å². The molecule has 2 unspecified atom stereocenters. The zero-order chi connectivity index (χ0) is 77.9. The van der Waals surface area contributed by atoms with E-state index in [4.69, 9.17) is 4.74 Å². The van der Waals surface area contributed by atoms with Gasteiger partial charge < -0.3 is 59.9 Å². The van der Waals surface area contributed by atoms with Crippen molar-refractivity contribution in [1.29, 1.82) is 0 Å². The van der Waals surface area contributed by atoms with E-state index >= 15 is 37.5 Å². The molecule has 0 aromatic heterocycles. The van der Waals surface area contributed by atoms with Gasteiger partial charge in [-0.05, 0) is 139 Å². The Bertz CT molecular complexity index is 3080. The summed E-state index contributed by atoms with van der Waals surface area (Å²) in [5.74, 6) is -15.0. The molecular formula is C74H115F8N11O12. The highest BCUT2D eigenvalue weighted by Crippen LogP contribution is 2.46. The molecule has 11 amide bonds. The highest BCUT2D eigenvalue weighted by atomic mass is 19.4. The number of amides is 11. The molecule has 105 heavy (non-hydrogen) atoms. The summed E-state index contributed by atoms with van der Waals surface area (Å²) in [7, 11) is 8.45. The van der Waals surface area contributed by atoms with Crippen molar-refractivity contribution in [2.45, 2.75) is 274 Å². The number of hydrogen-bond acceptors (Lipinski definition) is 12. The Morgan fingerprint density at radius 3 is 1.73 bits per heavy atom. The fourth-order valence-electron chi connectivity index (χ4n) is 16.6. The van der Waals surface area contributed by atoms with Crippen molar-refractivity contribution in [2.24, 2.45) is 41.4 Å². The molecule has 594 valence electrons. The van der Waals surface area contributed by atoms with Crippen molar-refractivity contribution in [1.82, 2.24) is 55.1 Å². The average molecular weight is 1500 g/mol. The van der Waals surface area contributed by atoms with Gasteiger partial charge in [-0.25, -0.2) is 8.78 Å². The lowest BCUT2D eigenvalue weighted by atomic mass is 9.74. The fourth-order valence-corrected chi connectivity index (χ4v) is 16.6. The van der Waals surface area contributed by atoms with Gasteiger partial charge >= 0.3 is 12.4 Å². The third-order valence-electron chi connectivity index (χ3n) is 24.0. The standard InChI is InChI=1S/C74H115F8N11O12/c1-13-43(6)62-69(102)87(8)42-60(96)89(10)54-22-19-18-20-33-92(68(54)101)57(37-45-25-28-48(29-26-45)73(77,78)79)67(100)86(7)41-58(94)83-53(30-27-46-34-51(75)61(52(76)35-46)74(80,81)82)66(99)93-40-50(105-17-5)39-56(93)65(98)85-72(31-21-32-72)71(104)91(12)63(47(14-2)15-3)70(103)88(9)49(16-4)38-59(95)90(11)55(64(97)84-62)36-44-23-24-44/h18-19,43-57,61-63H,13-17,20-42H2,1-12H3,(H,83,94)(H,84,97)(H,85,98)/b19-18-/t43-,45?,46?,48?,49+,50+,51?,52?,53-,54-,55-,56-,57-,61?,62-,63-/m0/s1. The first kappa shape index (κ1) is 85.6. The highest BCUT2D eigenvalue weighted by molar-refractivity contribution is 6.00. The van der Waals surface area contributed by atoms with Gasteiger partial charge in [0.25, 0.3) is 0 Å². The van der Waals surface area contributed by atoms with Crippen LogP contribution in [0.3, 0.4) is 0 Å². The molecule has 12 atom stereocenters. The maximum Gasteiger partial charge on any atom is 0.397 e. The average Bonchev–Trinajstić information content (AvgIpc) is 1.63. The summed E-state index contributed by atoms with van der Waals surface area (Å²) in [5.41, 5.74) is -1.62. The van der Waals surface area contributed by atoms with Crippen molar-refractivity contribution in [3.05, 3.63) is 12.2 Å². The van der Waals surface area contributed by atoms with Crippen LogP contribution >= 0.6 is 0 Å². The molecule has 0 radical (unpaired) electrons. The molecule has 3 aliphatic heterocycles. The van der Waals surface area contributed by atoms with E-state index in [0.717, 1.165) is 32.4 Å². The zero-order valence-electron chi connectivity index (χ0n) is 63.3. The van der Waals surface area contributed by atoms with Gasteiger partial charge in [0.05, 0.1) is 25.1 Å². The van der Waals surface area contributed by atoms with Crippen LogP contribution in [0, 0.1) is 41.4 Å². The number of carbonyl (C=O) groups excluding carboxylic acids is 11. The second-order valence-corrected chi connectivity index (χ2v) is 31.0. The smallest absolute Gasteiger partial charge is 0.377 e. The normalized spacial score (nSPS) is 32.4. The van der Waals surface area contributed by atoms with E-state index in [1.165, 1.54) is 54.8 Å². The van der Waals surface area contributed by atoms with Crippen molar-refractivity contribution in [2.75, 3.05) is 75.1 Å². The summed E-state index contributed by atoms with van der Waals surface area (Å²) in [6.45, 7) is 9.01. The Hall–Kier alpha value is -6.69. The van der Waals surface area contributed by atoms with Gasteiger partial charge in [0, 0.05) is 80.9 Å². The van der Waals surface area contributed by atoms with Crippen LogP contribution in [0.15, 0.2) is 12.2 Å². The predicted octanol–water partition coefficient (Wildman–Crippen LogP) is 7.67. The summed E-state index contributed by atoms with van der Waals surface area (Å²) < 4.78 is 121. The maximum atomic E-state index is 15.5. The van der Waals surface area contributed by atoms with Crippen LogP contribution in [-0.4, -0.2) is 264 Å². The molecule has 0 aromatic carbocycles. The molecule has 1 spiro atoms. The Morgan fingerprint density at radius 2 is 1.19 bits per heavy atom. The molecule has 31 heteroatoms. The van der Waals surface area contributed by atoms with Crippen molar-refractivity contribution < 1.29 is 92.6 Å².